The summed E-state index contributed by atoms with van der Waals surface area (Å²) in [4.78, 5) is 25.4. The van der Waals surface area contributed by atoms with E-state index in [-0.39, 0.29) is 17.7 Å². The Morgan fingerprint density at radius 3 is 2.86 bits per heavy atom. The van der Waals surface area contributed by atoms with Crippen LogP contribution in [0.4, 0.5) is 0 Å². The third-order valence-electron chi connectivity index (χ3n) is 3.69. The number of halogens is 2. The van der Waals surface area contributed by atoms with Crippen molar-refractivity contribution < 1.29 is 9.59 Å². The molecule has 1 fully saturated rings. The van der Waals surface area contributed by atoms with Gasteiger partial charge in [-0.1, -0.05) is 35.3 Å². The van der Waals surface area contributed by atoms with Crippen LogP contribution in [0.3, 0.4) is 0 Å². The monoisotopic (exact) mass is 328 g/mol. The molecule has 1 heterocycles. The highest BCUT2D eigenvalue weighted by atomic mass is 35.5. The fourth-order valence-electron chi connectivity index (χ4n) is 2.46. The molecule has 21 heavy (non-hydrogen) atoms. The van der Waals surface area contributed by atoms with E-state index in [1.807, 2.05) is 19.1 Å². The minimum absolute atomic E-state index is 0.0514. The summed E-state index contributed by atoms with van der Waals surface area (Å²) in [5.41, 5.74) is 0.905. The van der Waals surface area contributed by atoms with Gasteiger partial charge in [-0.3, -0.25) is 9.59 Å². The Hall–Kier alpha value is -1.26. The maximum atomic E-state index is 12.0. The van der Waals surface area contributed by atoms with Crippen molar-refractivity contribution in [2.45, 2.75) is 19.8 Å². The molecule has 0 radical (unpaired) electrons. The molecule has 1 N–H and O–H groups in total. The molecular formula is C15H18Cl2N2O2. The number of benzene rings is 1. The Morgan fingerprint density at radius 1 is 1.43 bits per heavy atom. The molecular weight excluding hydrogens is 311 g/mol. The van der Waals surface area contributed by atoms with Crippen molar-refractivity contribution >= 4 is 35.0 Å². The second-order valence-electron chi connectivity index (χ2n) is 5.09. The first-order valence-electron chi connectivity index (χ1n) is 7.01. The van der Waals surface area contributed by atoms with Gasteiger partial charge in [0.25, 0.3) is 0 Å². The number of nitrogens with zero attached hydrogens (tertiary/aromatic N) is 1. The van der Waals surface area contributed by atoms with Gasteiger partial charge in [-0.25, -0.2) is 0 Å². The third kappa shape index (κ3) is 3.89. The first kappa shape index (κ1) is 16.1. The molecule has 0 aliphatic carbocycles. The summed E-state index contributed by atoms with van der Waals surface area (Å²) in [5, 5.41) is 3.91. The predicted octanol–water partition coefficient (Wildman–Crippen LogP) is 2.52. The van der Waals surface area contributed by atoms with Gasteiger partial charge in [0.15, 0.2) is 0 Å². The van der Waals surface area contributed by atoms with Crippen molar-refractivity contribution in [3.05, 3.63) is 33.8 Å². The highest BCUT2D eigenvalue weighted by Gasteiger charge is 2.32. The Labute approximate surface area is 134 Å². The molecule has 114 valence electrons. The van der Waals surface area contributed by atoms with Crippen LogP contribution in [0.2, 0.25) is 10.0 Å². The maximum absolute atomic E-state index is 12.0. The number of amides is 2. The molecule has 1 aliphatic heterocycles. The van der Waals surface area contributed by atoms with E-state index in [2.05, 4.69) is 5.32 Å². The van der Waals surface area contributed by atoms with Gasteiger partial charge in [0.1, 0.15) is 0 Å². The average Bonchev–Trinajstić information content (AvgIpc) is 2.84. The largest absolute Gasteiger partial charge is 0.355 e. The second kappa shape index (κ2) is 7.14. The SMILES string of the molecule is CCN1CC(C(=O)NCCc2cccc(Cl)c2Cl)CC1=O. The van der Waals surface area contributed by atoms with Crippen LogP contribution in [0.5, 0.6) is 0 Å². The summed E-state index contributed by atoms with van der Waals surface area (Å²) in [5.74, 6) is -0.264. The number of nitrogens with one attached hydrogen (secondary N) is 1. The van der Waals surface area contributed by atoms with Crippen LogP contribution >= 0.6 is 23.2 Å². The number of carbonyl (C=O) groups excluding carboxylic acids is 2. The fourth-order valence-corrected chi connectivity index (χ4v) is 2.87. The van der Waals surface area contributed by atoms with E-state index in [1.165, 1.54) is 0 Å². The van der Waals surface area contributed by atoms with Gasteiger partial charge >= 0.3 is 0 Å². The van der Waals surface area contributed by atoms with Crippen LogP contribution in [0.15, 0.2) is 18.2 Å². The third-order valence-corrected chi connectivity index (χ3v) is 4.55. The molecule has 1 atom stereocenters. The molecule has 2 amide bonds. The van der Waals surface area contributed by atoms with Crippen molar-refractivity contribution in [3.8, 4) is 0 Å². The topological polar surface area (TPSA) is 49.4 Å². The van der Waals surface area contributed by atoms with Crippen LogP contribution in [0.1, 0.15) is 18.9 Å². The minimum Gasteiger partial charge on any atom is -0.355 e. The van der Waals surface area contributed by atoms with Gasteiger partial charge in [0.2, 0.25) is 11.8 Å². The van der Waals surface area contributed by atoms with Crippen LogP contribution in [0.25, 0.3) is 0 Å². The Bertz CT molecular complexity index is 548. The predicted molar refractivity (Wildman–Crippen MR) is 83.5 cm³/mol. The van der Waals surface area contributed by atoms with Crippen LogP contribution in [-0.4, -0.2) is 36.3 Å². The Balaban J connectivity index is 1.82. The normalized spacial score (nSPS) is 18.1. The van der Waals surface area contributed by atoms with Crippen molar-refractivity contribution in [3.63, 3.8) is 0 Å². The van der Waals surface area contributed by atoms with E-state index in [0.717, 1.165) is 5.56 Å². The van der Waals surface area contributed by atoms with Crippen LogP contribution < -0.4 is 5.32 Å². The number of rotatable bonds is 5. The molecule has 1 unspecified atom stereocenters. The van der Waals surface area contributed by atoms with Gasteiger partial charge in [-0.15, -0.1) is 0 Å². The molecule has 1 saturated heterocycles. The summed E-state index contributed by atoms with van der Waals surface area (Å²) in [7, 11) is 0. The van der Waals surface area contributed by atoms with E-state index in [1.54, 1.807) is 11.0 Å². The zero-order chi connectivity index (χ0) is 15.4. The number of hydrogen-bond donors (Lipinski definition) is 1. The van der Waals surface area contributed by atoms with Crippen LogP contribution in [0, 0.1) is 5.92 Å². The number of likely N-dealkylation sites (tertiary alicyclic amines) is 1. The molecule has 2 rings (SSSR count). The molecule has 1 aliphatic rings. The second-order valence-corrected chi connectivity index (χ2v) is 5.87. The van der Waals surface area contributed by atoms with Gasteiger partial charge in [0, 0.05) is 26.1 Å². The van der Waals surface area contributed by atoms with E-state index in [4.69, 9.17) is 23.2 Å². The zero-order valence-electron chi connectivity index (χ0n) is 11.9. The molecule has 4 nitrogen and oxygen atoms in total. The van der Waals surface area contributed by atoms with Gasteiger partial charge in [-0.05, 0) is 25.0 Å². The molecule has 0 aromatic heterocycles. The Morgan fingerprint density at radius 2 is 2.19 bits per heavy atom. The van der Waals surface area contributed by atoms with Crippen molar-refractivity contribution in [2.24, 2.45) is 5.92 Å². The van der Waals surface area contributed by atoms with Gasteiger partial charge in [0.05, 0.1) is 16.0 Å². The first-order chi connectivity index (χ1) is 10.0. The van der Waals surface area contributed by atoms with Crippen molar-refractivity contribution in [1.82, 2.24) is 10.2 Å². The molecule has 0 bridgehead atoms. The molecule has 6 heteroatoms. The minimum atomic E-state index is -0.243. The Kier molecular flexibility index (Phi) is 5.48. The number of hydrogen-bond acceptors (Lipinski definition) is 2. The molecule has 1 aromatic carbocycles. The standard InChI is InChI=1S/C15H18Cl2N2O2/c1-2-19-9-11(8-13(19)20)15(21)18-7-6-10-4-3-5-12(16)14(10)17/h3-5,11H,2,6-9H2,1H3,(H,18,21). The molecule has 1 aromatic rings. The van der Waals surface area contributed by atoms with E-state index in [0.29, 0.717) is 42.5 Å². The smallest absolute Gasteiger partial charge is 0.225 e. The lowest BCUT2D eigenvalue weighted by Gasteiger charge is -2.14. The highest BCUT2D eigenvalue weighted by Crippen LogP contribution is 2.25. The lowest BCUT2D eigenvalue weighted by Crippen LogP contribution is -2.34. The summed E-state index contributed by atoms with van der Waals surface area (Å²) in [6.07, 6.45) is 0.918. The van der Waals surface area contributed by atoms with E-state index in [9.17, 15) is 9.59 Å². The van der Waals surface area contributed by atoms with E-state index >= 15 is 0 Å². The first-order valence-corrected chi connectivity index (χ1v) is 7.77. The maximum Gasteiger partial charge on any atom is 0.225 e. The van der Waals surface area contributed by atoms with E-state index < -0.39 is 0 Å². The lowest BCUT2D eigenvalue weighted by molar-refractivity contribution is -0.128. The highest BCUT2D eigenvalue weighted by molar-refractivity contribution is 6.42. The van der Waals surface area contributed by atoms with Crippen molar-refractivity contribution in [1.29, 1.82) is 0 Å². The molecule has 0 spiro atoms. The zero-order valence-corrected chi connectivity index (χ0v) is 13.4. The lowest BCUT2D eigenvalue weighted by atomic mass is 10.1. The molecule has 0 saturated carbocycles. The number of carbonyl (C=O) groups is 2. The summed E-state index contributed by atoms with van der Waals surface area (Å²) in [6, 6.07) is 5.45. The summed E-state index contributed by atoms with van der Waals surface area (Å²) in [6.45, 7) is 3.56. The van der Waals surface area contributed by atoms with Gasteiger partial charge in [-0.2, -0.15) is 0 Å². The average molecular weight is 329 g/mol. The van der Waals surface area contributed by atoms with Crippen molar-refractivity contribution in [2.75, 3.05) is 19.6 Å². The summed E-state index contributed by atoms with van der Waals surface area (Å²) < 4.78 is 0. The van der Waals surface area contributed by atoms with Crippen LogP contribution in [-0.2, 0) is 16.0 Å². The van der Waals surface area contributed by atoms with Gasteiger partial charge < -0.3 is 10.2 Å². The quantitative estimate of drug-likeness (QED) is 0.902. The fraction of sp³-hybridized carbons (Fsp3) is 0.467. The summed E-state index contributed by atoms with van der Waals surface area (Å²) >= 11 is 12.0.